The first-order chi connectivity index (χ1) is 17.7. The molecule has 2 aliphatic rings. The summed E-state index contributed by atoms with van der Waals surface area (Å²) in [6.07, 6.45) is 4.61. The second-order valence-corrected chi connectivity index (χ2v) is 9.50. The normalized spacial score (nSPS) is 18.1. The molecule has 1 aromatic heterocycles. The number of hydrogen-bond acceptors (Lipinski definition) is 6. The summed E-state index contributed by atoms with van der Waals surface area (Å²) in [7, 11) is 0. The molecule has 1 atom stereocenters. The highest BCUT2D eigenvalue weighted by atomic mass is 16.5. The quantitative estimate of drug-likeness (QED) is 0.386. The van der Waals surface area contributed by atoms with Crippen molar-refractivity contribution in [1.82, 2.24) is 9.80 Å². The van der Waals surface area contributed by atoms with Gasteiger partial charge in [0.1, 0.15) is 11.3 Å². The molecule has 5 rings (SSSR count). The number of ether oxygens (including phenoxy) is 2. The Morgan fingerprint density at radius 2 is 1.72 bits per heavy atom. The maximum Gasteiger partial charge on any atom is 0.290 e. The van der Waals surface area contributed by atoms with Crippen LogP contribution in [0.2, 0.25) is 0 Å². The van der Waals surface area contributed by atoms with Crippen LogP contribution in [0.25, 0.3) is 11.0 Å². The van der Waals surface area contributed by atoms with E-state index in [0.717, 1.165) is 37.2 Å². The molecule has 1 fully saturated rings. The Morgan fingerprint density at radius 1 is 0.944 bits per heavy atom. The zero-order chi connectivity index (χ0) is 24.9. The lowest BCUT2D eigenvalue weighted by molar-refractivity contribution is 0.0314. The van der Waals surface area contributed by atoms with Crippen LogP contribution >= 0.6 is 0 Å². The van der Waals surface area contributed by atoms with Gasteiger partial charge in [-0.25, -0.2) is 0 Å². The third kappa shape index (κ3) is 5.04. The standard InChI is InChI=1S/C29H34N2O5/c1-2-3-4-7-18-35-22-12-10-21(11-13-22)26-25-27(32)23-8-5-6-9-24(23)36-28(25)29(33)31(26)15-14-30-16-19-34-20-17-30/h5-6,8-13,26H,2-4,7,14-20H2,1H3. The molecule has 36 heavy (non-hydrogen) atoms. The molecule has 0 bridgehead atoms. The highest BCUT2D eigenvalue weighted by Crippen LogP contribution is 2.38. The molecule has 2 aliphatic heterocycles. The van der Waals surface area contributed by atoms with Crippen molar-refractivity contribution in [3.63, 3.8) is 0 Å². The number of benzene rings is 2. The third-order valence-corrected chi connectivity index (χ3v) is 7.10. The van der Waals surface area contributed by atoms with E-state index >= 15 is 0 Å². The molecule has 1 unspecified atom stereocenters. The lowest BCUT2D eigenvalue weighted by atomic mass is 9.98. The van der Waals surface area contributed by atoms with Gasteiger partial charge in [0.15, 0.2) is 5.43 Å². The van der Waals surface area contributed by atoms with Crippen LogP contribution in [0.5, 0.6) is 5.75 Å². The topological polar surface area (TPSA) is 72.2 Å². The maximum atomic E-state index is 13.6. The summed E-state index contributed by atoms with van der Waals surface area (Å²) in [5.41, 5.74) is 1.60. The summed E-state index contributed by atoms with van der Waals surface area (Å²) < 4.78 is 17.4. The van der Waals surface area contributed by atoms with E-state index in [1.54, 1.807) is 17.0 Å². The van der Waals surface area contributed by atoms with Crippen molar-refractivity contribution in [2.75, 3.05) is 46.0 Å². The van der Waals surface area contributed by atoms with Gasteiger partial charge in [-0.2, -0.15) is 0 Å². The average Bonchev–Trinajstić information content (AvgIpc) is 3.20. The summed E-state index contributed by atoms with van der Waals surface area (Å²) in [5, 5.41) is 0.496. The predicted molar refractivity (Wildman–Crippen MR) is 139 cm³/mol. The Hall–Kier alpha value is -3.16. The molecule has 3 heterocycles. The molecule has 7 heteroatoms. The molecule has 0 spiro atoms. The van der Waals surface area contributed by atoms with Crippen LogP contribution in [-0.4, -0.2) is 61.7 Å². The molecular weight excluding hydrogens is 456 g/mol. The lowest BCUT2D eigenvalue weighted by Gasteiger charge is -2.31. The monoisotopic (exact) mass is 490 g/mol. The fourth-order valence-corrected chi connectivity index (χ4v) is 5.08. The van der Waals surface area contributed by atoms with Crippen LogP contribution in [-0.2, 0) is 4.74 Å². The summed E-state index contributed by atoms with van der Waals surface area (Å²) in [4.78, 5) is 31.2. The SMILES string of the molecule is CCCCCCOc1ccc(C2c3c(oc4ccccc4c3=O)C(=O)N2CCN2CCOCC2)cc1. The molecule has 2 aromatic carbocycles. The average molecular weight is 491 g/mol. The van der Waals surface area contributed by atoms with Gasteiger partial charge in [0.05, 0.1) is 36.8 Å². The predicted octanol–water partition coefficient (Wildman–Crippen LogP) is 4.63. The lowest BCUT2D eigenvalue weighted by Crippen LogP contribution is -2.42. The zero-order valence-corrected chi connectivity index (χ0v) is 20.9. The van der Waals surface area contributed by atoms with Crippen molar-refractivity contribution in [2.45, 2.75) is 38.6 Å². The van der Waals surface area contributed by atoms with E-state index in [-0.39, 0.29) is 17.1 Å². The van der Waals surface area contributed by atoms with Crippen molar-refractivity contribution in [3.8, 4) is 5.75 Å². The van der Waals surface area contributed by atoms with Crippen LogP contribution in [0.4, 0.5) is 0 Å². The minimum absolute atomic E-state index is 0.143. The fourth-order valence-electron chi connectivity index (χ4n) is 5.08. The van der Waals surface area contributed by atoms with Crippen LogP contribution in [0.1, 0.15) is 60.3 Å². The second-order valence-electron chi connectivity index (χ2n) is 9.50. The number of morpholine rings is 1. The molecule has 1 saturated heterocycles. The largest absolute Gasteiger partial charge is 0.494 e. The molecule has 0 radical (unpaired) electrons. The summed E-state index contributed by atoms with van der Waals surface area (Å²) in [5.74, 6) is 0.717. The van der Waals surface area contributed by atoms with E-state index in [1.807, 2.05) is 36.4 Å². The van der Waals surface area contributed by atoms with Crippen molar-refractivity contribution in [2.24, 2.45) is 0 Å². The number of unbranched alkanes of at least 4 members (excludes halogenated alkanes) is 3. The van der Waals surface area contributed by atoms with Gasteiger partial charge in [0.2, 0.25) is 5.76 Å². The Morgan fingerprint density at radius 3 is 2.50 bits per heavy atom. The third-order valence-electron chi connectivity index (χ3n) is 7.10. The minimum Gasteiger partial charge on any atom is -0.494 e. The Balaban J connectivity index is 1.44. The van der Waals surface area contributed by atoms with Crippen LogP contribution in [0.15, 0.2) is 57.7 Å². The van der Waals surface area contributed by atoms with E-state index in [9.17, 15) is 9.59 Å². The molecule has 190 valence electrons. The summed E-state index contributed by atoms with van der Waals surface area (Å²) >= 11 is 0. The minimum atomic E-state index is -0.493. The number of para-hydroxylation sites is 1. The molecule has 3 aromatic rings. The molecule has 0 aliphatic carbocycles. The van der Waals surface area contributed by atoms with Gasteiger partial charge in [0.25, 0.3) is 5.91 Å². The first-order valence-electron chi connectivity index (χ1n) is 13.1. The van der Waals surface area contributed by atoms with Gasteiger partial charge in [-0.15, -0.1) is 0 Å². The first kappa shape index (κ1) is 24.5. The molecule has 1 amide bonds. The number of carbonyl (C=O) groups is 1. The van der Waals surface area contributed by atoms with E-state index < -0.39 is 6.04 Å². The van der Waals surface area contributed by atoms with E-state index in [0.29, 0.717) is 49.4 Å². The van der Waals surface area contributed by atoms with Crippen LogP contribution in [0.3, 0.4) is 0 Å². The van der Waals surface area contributed by atoms with E-state index in [4.69, 9.17) is 13.9 Å². The molecule has 0 N–H and O–H groups in total. The second kappa shape index (κ2) is 11.3. The fraction of sp³-hybridized carbons (Fsp3) is 0.448. The number of rotatable bonds is 10. The molecule has 0 saturated carbocycles. The Kier molecular flexibility index (Phi) is 7.68. The number of amides is 1. The van der Waals surface area contributed by atoms with Crippen molar-refractivity contribution < 1.29 is 18.7 Å². The highest BCUT2D eigenvalue weighted by Gasteiger charge is 2.42. The number of hydrogen-bond donors (Lipinski definition) is 0. The smallest absolute Gasteiger partial charge is 0.290 e. The maximum absolute atomic E-state index is 13.6. The molecular formula is C29H34N2O5. The first-order valence-corrected chi connectivity index (χ1v) is 13.1. The Bertz CT molecular complexity index is 1250. The Labute approximate surface area is 211 Å². The number of fused-ring (bicyclic) bond motifs is 2. The summed E-state index contributed by atoms with van der Waals surface area (Å²) in [6, 6.07) is 14.4. The number of carbonyl (C=O) groups excluding carboxylic acids is 1. The zero-order valence-electron chi connectivity index (χ0n) is 20.9. The van der Waals surface area contributed by atoms with Gasteiger partial charge in [0, 0.05) is 26.2 Å². The van der Waals surface area contributed by atoms with Gasteiger partial charge in [-0.3, -0.25) is 14.5 Å². The van der Waals surface area contributed by atoms with E-state index in [2.05, 4.69) is 11.8 Å². The van der Waals surface area contributed by atoms with E-state index in [1.165, 1.54) is 12.8 Å². The summed E-state index contributed by atoms with van der Waals surface area (Å²) in [6.45, 7) is 7.16. The van der Waals surface area contributed by atoms with Gasteiger partial charge in [-0.05, 0) is 36.2 Å². The van der Waals surface area contributed by atoms with Crippen LogP contribution < -0.4 is 10.2 Å². The van der Waals surface area contributed by atoms with Gasteiger partial charge in [-0.1, -0.05) is 50.5 Å². The highest BCUT2D eigenvalue weighted by molar-refractivity contribution is 5.99. The van der Waals surface area contributed by atoms with Crippen molar-refractivity contribution >= 4 is 16.9 Å². The number of nitrogens with zero attached hydrogens (tertiary/aromatic N) is 2. The van der Waals surface area contributed by atoms with Crippen molar-refractivity contribution in [1.29, 1.82) is 0 Å². The van der Waals surface area contributed by atoms with Gasteiger partial charge < -0.3 is 18.8 Å². The van der Waals surface area contributed by atoms with Gasteiger partial charge >= 0.3 is 0 Å². The molecule has 7 nitrogen and oxygen atoms in total. The van der Waals surface area contributed by atoms with Crippen LogP contribution in [0, 0.1) is 0 Å². The van der Waals surface area contributed by atoms with Crippen molar-refractivity contribution in [3.05, 3.63) is 75.6 Å².